The summed E-state index contributed by atoms with van der Waals surface area (Å²) >= 11 is 0. The Balaban J connectivity index is 1.79. The molecular weight excluding hydrogens is 216 g/mol. The number of nitrogens with one attached hydrogen (secondary N) is 1. The second kappa shape index (κ2) is 5.36. The van der Waals surface area contributed by atoms with E-state index in [0.717, 1.165) is 19.4 Å². The summed E-state index contributed by atoms with van der Waals surface area (Å²) < 4.78 is 5.58. The van der Waals surface area contributed by atoms with Gasteiger partial charge in [0.25, 0.3) is 0 Å². The normalized spacial score (nSPS) is 28.5. The number of rotatable bonds is 5. The fourth-order valence-corrected chi connectivity index (χ4v) is 2.58. The van der Waals surface area contributed by atoms with Crippen molar-refractivity contribution in [3.05, 3.63) is 0 Å². The van der Waals surface area contributed by atoms with Gasteiger partial charge in [-0.3, -0.25) is 4.79 Å². The van der Waals surface area contributed by atoms with Crippen molar-refractivity contribution in [2.45, 2.75) is 57.1 Å². The van der Waals surface area contributed by atoms with E-state index in [0.29, 0.717) is 18.9 Å². The van der Waals surface area contributed by atoms with Crippen molar-refractivity contribution < 1.29 is 9.53 Å². The van der Waals surface area contributed by atoms with Crippen LogP contribution in [-0.4, -0.2) is 30.7 Å². The molecule has 1 saturated carbocycles. The summed E-state index contributed by atoms with van der Waals surface area (Å²) in [6.07, 6.45) is 6.29. The van der Waals surface area contributed by atoms with Gasteiger partial charge in [-0.25, -0.2) is 0 Å². The van der Waals surface area contributed by atoms with Crippen molar-refractivity contribution in [2.24, 2.45) is 11.7 Å². The topological polar surface area (TPSA) is 64.3 Å². The lowest BCUT2D eigenvalue weighted by Crippen LogP contribution is -2.53. The van der Waals surface area contributed by atoms with Crippen LogP contribution in [0.2, 0.25) is 0 Å². The Kier molecular flexibility index (Phi) is 4.05. The summed E-state index contributed by atoms with van der Waals surface area (Å²) in [6.45, 7) is 3.38. The Morgan fingerprint density at radius 3 is 2.71 bits per heavy atom. The molecule has 2 aliphatic rings. The summed E-state index contributed by atoms with van der Waals surface area (Å²) in [5.41, 5.74) is 5.58. The Morgan fingerprint density at radius 1 is 1.41 bits per heavy atom. The molecule has 0 aromatic rings. The molecule has 2 unspecified atom stereocenters. The van der Waals surface area contributed by atoms with E-state index in [1.165, 1.54) is 19.3 Å². The molecule has 1 amide bonds. The van der Waals surface area contributed by atoms with Crippen LogP contribution in [0.15, 0.2) is 0 Å². The molecule has 17 heavy (non-hydrogen) atoms. The molecule has 0 aromatic carbocycles. The van der Waals surface area contributed by atoms with Gasteiger partial charge in [0, 0.05) is 13.2 Å². The van der Waals surface area contributed by atoms with E-state index in [1.807, 2.05) is 0 Å². The van der Waals surface area contributed by atoms with Gasteiger partial charge < -0.3 is 15.8 Å². The molecule has 98 valence electrons. The van der Waals surface area contributed by atoms with Gasteiger partial charge in [-0.05, 0) is 44.9 Å². The number of amides is 1. The van der Waals surface area contributed by atoms with Crippen molar-refractivity contribution in [3.8, 4) is 0 Å². The summed E-state index contributed by atoms with van der Waals surface area (Å²) in [5.74, 6) is 0.667. The average Bonchev–Trinajstić information content (AvgIpc) is 3.14. The highest BCUT2D eigenvalue weighted by Crippen LogP contribution is 2.39. The molecule has 1 saturated heterocycles. The van der Waals surface area contributed by atoms with E-state index in [4.69, 9.17) is 10.5 Å². The van der Waals surface area contributed by atoms with Crippen molar-refractivity contribution in [1.29, 1.82) is 0 Å². The first kappa shape index (κ1) is 12.8. The summed E-state index contributed by atoms with van der Waals surface area (Å²) in [4.78, 5) is 12.0. The lowest BCUT2D eigenvalue weighted by Gasteiger charge is -2.31. The maximum absolute atomic E-state index is 12.0. The van der Waals surface area contributed by atoms with Crippen molar-refractivity contribution in [3.63, 3.8) is 0 Å². The third-order valence-electron chi connectivity index (χ3n) is 4.01. The second-order valence-electron chi connectivity index (χ2n) is 5.64. The molecule has 1 aliphatic heterocycles. The minimum absolute atomic E-state index is 0.0942. The monoisotopic (exact) mass is 240 g/mol. The molecule has 0 bridgehead atoms. The van der Waals surface area contributed by atoms with Gasteiger partial charge in [-0.1, -0.05) is 0 Å². The fourth-order valence-electron chi connectivity index (χ4n) is 2.58. The number of nitrogens with two attached hydrogens (primary N) is 1. The van der Waals surface area contributed by atoms with E-state index in [9.17, 15) is 4.79 Å². The van der Waals surface area contributed by atoms with Crippen LogP contribution < -0.4 is 11.1 Å². The van der Waals surface area contributed by atoms with Gasteiger partial charge >= 0.3 is 0 Å². The van der Waals surface area contributed by atoms with Gasteiger partial charge in [0.05, 0.1) is 18.1 Å². The van der Waals surface area contributed by atoms with Crippen molar-refractivity contribution in [2.75, 3.05) is 13.2 Å². The average molecular weight is 240 g/mol. The number of hydrogen-bond donors (Lipinski definition) is 2. The zero-order valence-electron chi connectivity index (χ0n) is 10.7. The quantitative estimate of drug-likeness (QED) is 0.758. The minimum atomic E-state index is -0.203. The SMILES string of the molecule is CC(CN)(NC(=O)CC1CCCCO1)C1CC1. The first-order valence-electron chi connectivity index (χ1n) is 6.77. The van der Waals surface area contributed by atoms with Crippen molar-refractivity contribution in [1.82, 2.24) is 5.32 Å². The molecule has 4 nitrogen and oxygen atoms in total. The number of carbonyl (C=O) groups excluding carboxylic acids is 1. The van der Waals surface area contributed by atoms with Gasteiger partial charge in [0.2, 0.25) is 5.91 Å². The highest BCUT2D eigenvalue weighted by molar-refractivity contribution is 5.77. The number of hydrogen-bond acceptors (Lipinski definition) is 3. The first-order valence-corrected chi connectivity index (χ1v) is 6.77. The van der Waals surface area contributed by atoms with Crippen LogP contribution in [-0.2, 0) is 9.53 Å². The largest absolute Gasteiger partial charge is 0.378 e. The van der Waals surface area contributed by atoms with Gasteiger partial charge in [-0.15, -0.1) is 0 Å². The van der Waals surface area contributed by atoms with Crippen LogP contribution in [0.3, 0.4) is 0 Å². The Labute approximate surface area is 103 Å². The maximum atomic E-state index is 12.0. The zero-order valence-corrected chi connectivity index (χ0v) is 10.7. The molecule has 2 atom stereocenters. The zero-order chi connectivity index (χ0) is 12.3. The second-order valence-corrected chi connectivity index (χ2v) is 5.64. The standard InChI is InChI=1S/C13H24N2O2/c1-13(9-14,10-5-6-10)15-12(16)8-11-4-2-3-7-17-11/h10-11H,2-9,14H2,1H3,(H,15,16). The summed E-state index contributed by atoms with van der Waals surface area (Å²) in [5, 5.41) is 3.11. The summed E-state index contributed by atoms with van der Waals surface area (Å²) in [6, 6.07) is 0. The smallest absolute Gasteiger partial charge is 0.223 e. The number of carbonyl (C=O) groups is 1. The van der Waals surface area contributed by atoms with E-state index in [1.54, 1.807) is 0 Å². The fraction of sp³-hybridized carbons (Fsp3) is 0.923. The van der Waals surface area contributed by atoms with Crippen LogP contribution in [0, 0.1) is 5.92 Å². The molecule has 2 rings (SSSR count). The predicted molar refractivity (Wildman–Crippen MR) is 66.5 cm³/mol. The van der Waals surface area contributed by atoms with Gasteiger partial charge in [0.1, 0.15) is 0 Å². The summed E-state index contributed by atoms with van der Waals surface area (Å²) in [7, 11) is 0. The van der Waals surface area contributed by atoms with Crippen LogP contribution in [0.5, 0.6) is 0 Å². The maximum Gasteiger partial charge on any atom is 0.223 e. The first-order chi connectivity index (χ1) is 8.14. The van der Waals surface area contributed by atoms with E-state index in [-0.39, 0.29) is 17.6 Å². The molecule has 3 N–H and O–H groups in total. The molecule has 0 radical (unpaired) electrons. The molecule has 0 aromatic heterocycles. The minimum Gasteiger partial charge on any atom is -0.378 e. The van der Waals surface area contributed by atoms with Crippen LogP contribution in [0.1, 0.15) is 45.4 Å². The molecule has 1 heterocycles. The Hall–Kier alpha value is -0.610. The van der Waals surface area contributed by atoms with Crippen LogP contribution in [0.4, 0.5) is 0 Å². The Bertz CT molecular complexity index is 273. The highest BCUT2D eigenvalue weighted by Gasteiger charge is 2.41. The Morgan fingerprint density at radius 2 is 2.18 bits per heavy atom. The third kappa shape index (κ3) is 3.42. The molecule has 2 fully saturated rings. The van der Waals surface area contributed by atoms with E-state index >= 15 is 0 Å². The molecule has 4 heteroatoms. The van der Waals surface area contributed by atoms with E-state index in [2.05, 4.69) is 12.2 Å². The molecule has 1 aliphatic carbocycles. The lowest BCUT2D eigenvalue weighted by molar-refractivity contribution is -0.126. The lowest BCUT2D eigenvalue weighted by atomic mass is 9.95. The van der Waals surface area contributed by atoms with E-state index < -0.39 is 0 Å². The van der Waals surface area contributed by atoms with Crippen LogP contribution in [0.25, 0.3) is 0 Å². The van der Waals surface area contributed by atoms with Crippen LogP contribution >= 0.6 is 0 Å². The third-order valence-corrected chi connectivity index (χ3v) is 4.01. The van der Waals surface area contributed by atoms with Gasteiger partial charge in [-0.2, -0.15) is 0 Å². The highest BCUT2D eigenvalue weighted by atomic mass is 16.5. The van der Waals surface area contributed by atoms with Crippen molar-refractivity contribution >= 4 is 5.91 Å². The number of ether oxygens (including phenoxy) is 1. The predicted octanol–water partition coefficient (Wildman–Crippen LogP) is 1.19. The molecule has 0 spiro atoms. The van der Waals surface area contributed by atoms with Gasteiger partial charge in [0.15, 0.2) is 0 Å². The molecular formula is C13H24N2O2.